The van der Waals surface area contributed by atoms with E-state index in [-0.39, 0.29) is 17.9 Å². The van der Waals surface area contributed by atoms with Crippen molar-refractivity contribution >= 4 is 28.6 Å². The van der Waals surface area contributed by atoms with Crippen molar-refractivity contribution in [1.82, 2.24) is 15.5 Å². The summed E-state index contributed by atoms with van der Waals surface area (Å²) in [7, 11) is 0. The van der Waals surface area contributed by atoms with Crippen LogP contribution in [0, 0.1) is 11.8 Å². The summed E-state index contributed by atoms with van der Waals surface area (Å²) < 4.78 is 0. The Morgan fingerprint density at radius 2 is 2.08 bits per heavy atom. The van der Waals surface area contributed by atoms with Gasteiger partial charge in [0.2, 0.25) is 11.8 Å². The second-order valence-corrected chi connectivity index (χ2v) is 12.1. The van der Waals surface area contributed by atoms with E-state index in [1.807, 2.05) is 17.1 Å². The van der Waals surface area contributed by atoms with E-state index in [4.69, 9.17) is 4.99 Å². The van der Waals surface area contributed by atoms with E-state index in [0.717, 1.165) is 35.6 Å². The van der Waals surface area contributed by atoms with Crippen molar-refractivity contribution in [3.63, 3.8) is 0 Å². The molecule has 3 N–H and O–H groups in total. The van der Waals surface area contributed by atoms with Crippen LogP contribution in [-0.4, -0.2) is 63.0 Å². The van der Waals surface area contributed by atoms with Gasteiger partial charge in [0.05, 0.1) is 28.9 Å². The third kappa shape index (κ3) is 5.07. The maximum atomic E-state index is 13.5. The molecule has 194 valence electrons. The predicted molar refractivity (Wildman–Crippen MR) is 144 cm³/mol. The summed E-state index contributed by atoms with van der Waals surface area (Å²) in [4.78, 5) is 32.9. The zero-order valence-electron chi connectivity index (χ0n) is 21.4. The number of carbonyl (C=O) groups is 2. The van der Waals surface area contributed by atoms with E-state index in [2.05, 4.69) is 49.6 Å². The predicted octanol–water partition coefficient (Wildman–Crippen LogP) is 3.44. The molecule has 3 heterocycles. The summed E-state index contributed by atoms with van der Waals surface area (Å²) in [6.45, 7) is 6.75. The average molecular weight is 511 g/mol. The lowest BCUT2D eigenvalue weighted by Crippen LogP contribution is -2.55. The molecule has 5 aliphatic rings. The van der Waals surface area contributed by atoms with Crippen molar-refractivity contribution in [3.8, 4) is 0 Å². The third-order valence-corrected chi connectivity index (χ3v) is 9.25. The molecule has 2 aliphatic carbocycles. The van der Waals surface area contributed by atoms with Crippen molar-refractivity contribution in [1.29, 1.82) is 0 Å². The highest BCUT2D eigenvalue weighted by molar-refractivity contribution is 8.15. The molecular formula is C28H38N4O3S. The maximum Gasteiger partial charge on any atom is 0.243 e. The fraction of sp³-hybridized carbons (Fsp3) is 0.607. The Hall–Kier alpha value is -2.32. The highest BCUT2D eigenvalue weighted by Gasteiger charge is 2.46. The third-order valence-electron chi connectivity index (χ3n) is 8.02. The summed E-state index contributed by atoms with van der Waals surface area (Å²) in [5.41, 5.74) is 3.49. The SMILES string of the molecule is CCC(C)CC(=O)NC1CCC2=C3C(=CC(C)C2)CC(C(=O)NCC2=NC4C=CC=CC4S2)N3C1O. The van der Waals surface area contributed by atoms with Gasteiger partial charge in [0.1, 0.15) is 12.3 Å². The minimum atomic E-state index is -0.940. The minimum Gasteiger partial charge on any atom is -0.371 e. The molecule has 1 fully saturated rings. The van der Waals surface area contributed by atoms with Gasteiger partial charge in [0.15, 0.2) is 0 Å². The van der Waals surface area contributed by atoms with Gasteiger partial charge in [-0.25, -0.2) is 0 Å². The first kappa shape index (κ1) is 25.3. The van der Waals surface area contributed by atoms with Crippen LogP contribution in [0.15, 0.2) is 52.2 Å². The van der Waals surface area contributed by atoms with Crippen molar-refractivity contribution in [2.24, 2.45) is 16.8 Å². The van der Waals surface area contributed by atoms with Crippen molar-refractivity contribution in [2.75, 3.05) is 6.54 Å². The largest absolute Gasteiger partial charge is 0.371 e. The van der Waals surface area contributed by atoms with Crippen LogP contribution in [-0.2, 0) is 9.59 Å². The molecule has 0 aromatic heterocycles. The van der Waals surface area contributed by atoms with Gasteiger partial charge in [-0.05, 0) is 42.2 Å². The fourth-order valence-corrected chi connectivity index (χ4v) is 7.11. The first-order valence-electron chi connectivity index (χ1n) is 13.4. The molecule has 0 aromatic rings. The Labute approximate surface area is 218 Å². The molecule has 3 aliphatic heterocycles. The van der Waals surface area contributed by atoms with E-state index in [9.17, 15) is 14.7 Å². The molecule has 7 nitrogen and oxygen atoms in total. The van der Waals surface area contributed by atoms with Gasteiger partial charge < -0.3 is 20.6 Å². The summed E-state index contributed by atoms with van der Waals surface area (Å²) in [6, 6.07) is -0.760. The van der Waals surface area contributed by atoms with Gasteiger partial charge in [-0.15, -0.1) is 0 Å². The van der Waals surface area contributed by atoms with Gasteiger partial charge >= 0.3 is 0 Å². The van der Waals surface area contributed by atoms with Gasteiger partial charge in [-0.2, -0.15) is 0 Å². The maximum absolute atomic E-state index is 13.5. The number of aliphatic hydroxyl groups is 1. The highest BCUT2D eigenvalue weighted by Crippen LogP contribution is 2.45. The number of rotatable bonds is 7. The topological polar surface area (TPSA) is 94.0 Å². The average Bonchev–Trinajstić information content (AvgIpc) is 3.42. The molecule has 8 heteroatoms. The van der Waals surface area contributed by atoms with Crippen LogP contribution in [0.4, 0.5) is 0 Å². The lowest BCUT2D eigenvalue weighted by molar-refractivity contribution is -0.130. The molecular weight excluding hydrogens is 472 g/mol. The molecule has 1 saturated heterocycles. The molecule has 2 amide bonds. The van der Waals surface area contributed by atoms with Crippen molar-refractivity contribution in [2.45, 2.75) is 88.9 Å². The second-order valence-electron chi connectivity index (χ2n) is 10.9. The molecule has 0 radical (unpaired) electrons. The quantitative estimate of drug-likeness (QED) is 0.488. The number of hydrogen-bond acceptors (Lipinski definition) is 6. The van der Waals surface area contributed by atoms with Crippen LogP contribution in [0.1, 0.15) is 59.3 Å². The lowest BCUT2D eigenvalue weighted by atomic mass is 9.87. The van der Waals surface area contributed by atoms with E-state index in [1.165, 1.54) is 5.57 Å². The molecule has 36 heavy (non-hydrogen) atoms. The standard InChI is InChI=1S/C28H38N4O3S/c1-4-16(2)13-24(33)30-21-10-9-18-11-17(3)12-19-14-22(32(26(18)19)28(21)35)27(34)29-15-25-31-20-7-5-6-8-23(20)36-25/h5-8,12,16-17,20-23,28,35H,4,9-11,13-15H2,1-3H3,(H,29,34)(H,30,33). The number of aliphatic hydroxyl groups excluding tert-OH is 1. The van der Waals surface area contributed by atoms with Gasteiger partial charge in [0, 0.05) is 18.5 Å². The van der Waals surface area contributed by atoms with E-state index in [1.54, 1.807) is 11.8 Å². The van der Waals surface area contributed by atoms with Crippen LogP contribution in [0.5, 0.6) is 0 Å². The van der Waals surface area contributed by atoms with Crippen LogP contribution in [0.25, 0.3) is 0 Å². The number of nitrogens with one attached hydrogen (secondary N) is 2. The summed E-state index contributed by atoms with van der Waals surface area (Å²) in [5.74, 6) is 0.578. The van der Waals surface area contributed by atoms with Gasteiger partial charge in [-0.3, -0.25) is 14.6 Å². The van der Waals surface area contributed by atoms with Crippen LogP contribution >= 0.6 is 11.8 Å². The molecule has 0 saturated carbocycles. The summed E-state index contributed by atoms with van der Waals surface area (Å²) in [6.07, 6.45) is 14.0. The molecule has 7 unspecified atom stereocenters. The van der Waals surface area contributed by atoms with Crippen molar-refractivity contribution in [3.05, 3.63) is 47.2 Å². The fourth-order valence-electron chi connectivity index (χ4n) is 5.99. The first-order chi connectivity index (χ1) is 17.3. The van der Waals surface area contributed by atoms with Gasteiger partial charge in [0.25, 0.3) is 0 Å². The van der Waals surface area contributed by atoms with E-state index in [0.29, 0.717) is 42.9 Å². The van der Waals surface area contributed by atoms with Crippen LogP contribution in [0.3, 0.4) is 0 Å². The van der Waals surface area contributed by atoms with Crippen molar-refractivity contribution < 1.29 is 14.7 Å². The van der Waals surface area contributed by atoms with E-state index >= 15 is 0 Å². The Kier molecular flexibility index (Phi) is 7.45. The Bertz CT molecular complexity index is 1060. The number of allylic oxidation sites excluding steroid dienone is 5. The Balaban J connectivity index is 1.32. The number of nitrogens with zero attached hydrogens (tertiary/aromatic N) is 2. The van der Waals surface area contributed by atoms with Crippen LogP contribution < -0.4 is 10.6 Å². The monoisotopic (exact) mass is 510 g/mol. The number of carbonyl (C=O) groups excluding carboxylic acids is 2. The molecule has 0 spiro atoms. The normalized spacial score (nSPS) is 33.4. The second kappa shape index (κ2) is 10.6. The smallest absolute Gasteiger partial charge is 0.243 e. The zero-order chi connectivity index (χ0) is 25.4. The highest BCUT2D eigenvalue weighted by atomic mass is 32.2. The molecule has 5 rings (SSSR count). The number of aliphatic imine (C=N–C) groups is 1. The van der Waals surface area contributed by atoms with E-state index < -0.39 is 18.3 Å². The zero-order valence-corrected chi connectivity index (χ0v) is 22.3. The molecule has 0 aromatic carbocycles. The number of amides is 2. The molecule has 0 bridgehead atoms. The van der Waals surface area contributed by atoms with Crippen LogP contribution in [0.2, 0.25) is 0 Å². The minimum absolute atomic E-state index is 0.0292. The summed E-state index contributed by atoms with van der Waals surface area (Å²) >= 11 is 1.70. The number of fused-ring (bicyclic) bond motifs is 1. The lowest BCUT2D eigenvalue weighted by Gasteiger charge is -2.35. The molecule has 7 atom stereocenters. The Morgan fingerprint density at radius 1 is 1.28 bits per heavy atom. The Morgan fingerprint density at radius 3 is 2.86 bits per heavy atom. The first-order valence-corrected chi connectivity index (χ1v) is 14.3. The number of hydrogen-bond donors (Lipinski definition) is 3. The van der Waals surface area contributed by atoms with Gasteiger partial charge in [-0.1, -0.05) is 69.3 Å². The number of thioether (sulfide) groups is 1. The summed E-state index contributed by atoms with van der Waals surface area (Å²) in [5, 5.41) is 19.0.